The van der Waals surface area contributed by atoms with Gasteiger partial charge in [-0.25, -0.2) is 0 Å². The molecule has 4 aromatic rings. The van der Waals surface area contributed by atoms with E-state index in [1.165, 1.54) is 24.6 Å². The molecule has 1 aliphatic carbocycles. The smallest absolute Gasteiger partial charge is 0.230 e. The van der Waals surface area contributed by atoms with E-state index in [2.05, 4.69) is 15.5 Å². The highest BCUT2D eigenvalue weighted by atomic mass is 32.2. The van der Waals surface area contributed by atoms with E-state index in [1.54, 1.807) is 12.3 Å². The summed E-state index contributed by atoms with van der Waals surface area (Å²) < 4.78 is 7.43. The van der Waals surface area contributed by atoms with Crippen molar-refractivity contribution < 1.29 is 14.3 Å². The van der Waals surface area contributed by atoms with Crippen LogP contribution in [0.1, 0.15) is 31.4 Å². The molecule has 7 nitrogen and oxygen atoms in total. The highest BCUT2D eigenvalue weighted by Crippen LogP contribution is 2.34. The highest BCUT2D eigenvalue weighted by molar-refractivity contribution is 7.99. The minimum absolute atomic E-state index is 0.00421. The average molecular weight is 449 g/mol. The number of carbonyl (C=O) groups is 1. The first-order valence-electron chi connectivity index (χ1n) is 10.8. The van der Waals surface area contributed by atoms with E-state index < -0.39 is 0 Å². The van der Waals surface area contributed by atoms with Crippen LogP contribution in [0.3, 0.4) is 0 Å². The number of thioether (sulfide) groups is 1. The maximum atomic E-state index is 12.4. The van der Waals surface area contributed by atoms with Gasteiger partial charge in [-0.2, -0.15) is 0 Å². The molecule has 32 heavy (non-hydrogen) atoms. The van der Waals surface area contributed by atoms with Gasteiger partial charge in [0.25, 0.3) is 0 Å². The SMILES string of the molecule is O=C(CSc1nnc(-c2cc3ccccc3cc2O)n1Cc1ccco1)NC1CCCC1. The van der Waals surface area contributed by atoms with Crippen molar-refractivity contribution >= 4 is 28.4 Å². The molecule has 1 aliphatic rings. The molecule has 1 saturated carbocycles. The summed E-state index contributed by atoms with van der Waals surface area (Å²) in [7, 11) is 0. The summed E-state index contributed by atoms with van der Waals surface area (Å²) in [6, 6.07) is 15.5. The number of amides is 1. The van der Waals surface area contributed by atoms with E-state index >= 15 is 0 Å². The highest BCUT2D eigenvalue weighted by Gasteiger charge is 2.21. The van der Waals surface area contributed by atoms with Crippen molar-refractivity contribution in [3.63, 3.8) is 0 Å². The molecular formula is C24H24N4O3S. The Hall–Kier alpha value is -3.26. The van der Waals surface area contributed by atoms with E-state index in [9.17, 15) is 9.90 Å². The third-order valence-electron chi connectivity index (χ3n) is 5.77. The molecule has 164 valence electrons. The van der Waals surface area contributed by atoms with E-state index in [-0.39, 0.29) is 23.5 Å². The summed E-state index contributed by atoms with van der Waals surface area (Å²) in [6.45, 7) is 0.397. The first-order valence-corrected chi connectivity index (χ1v) is 11.8. The van der Waals surface area contributed by atoms with E-state index in [1.807, 2.05) is 47.0 Å². The topological polar surface area (TPSA) is 93.2 Å². The fraction of sp³-hybridized carbons (Fsp3) is 0.292. The Kier molecular flexibility index (Phi) is 5.85. The molecule has 2 aromatic heterocycles. The zero-order valence-electron chi connectivity index (χ0n) is 17.5. The zero-order chi connectivity index (χ0) is 21.9. The number of nitrogens with one attached hydrogen (secondary N) is 1. The summed E-state index contributed by atoms with van der Waals surface area (Å²) in [6.07, 6.45) is 6.07. The molecule has 0 saturated heterocycles. The number of hydrogen-bond acceptors (Lipinski definition) is 6. The van der Waals surface area contributed by atoms with Crippen LogP contribution in [0.2, 0.25) is 0 Å². The summed E-state index contributed by atoms with van der Waals surface area (Å²) >= 11 is 1.34. The molecule has 0 unspecified atom stereocenters. The van der Waals surface area contributed by atoms with Crippen molar-refractivity contribution in [1.29, 1.82) is 0 Å². The van der Waals surface area contributed by atoms with Gasteiger partial charge in [-0.15, -0.1) is 10.2 Å². The number of aromatic nitrogens is 3. The molecule has 2 aromatic carbocycles. The summed E-state index contributed by atoms with van der Waals surface area (Å²) in [5, 5.41) is 25.1. The summed E-state index contributed by atoms with van der Waals surface area (Å²) in [5.41, 5.74) is 0.588. The Morgan fingerprint density at radius 1 is 1.12 bits per heavy atom. The molecule has 1 fully saturated rings. The van der Waals surface area contributed by atoms with Crippen molar-refractivity contribution in [3.8, 4) is 17.1 Å². The second-order valence-electron chi connectivity index (χ2n) is 8.03. The molecule has 0 atom stereocenters. The van der Waals surface area contributed by atoms with Gasteiger partial charge in [0.05, 0.1) is 24.1 Å². The second kappa shape index (κ2) is 9.08. The number of nitrogens with zero attached hydrogens (tertiary/aromatic N) is 3. The maximum absolute atomic E-state index is 12.4. The number of furan rings is 1. The molecular weight excluding hydrogens is 424 g/mol. The molecule has 2 N–H and O–H groups in total. The van der Waals surface area contributed by atoms with Gasteiger partial charge in [0.1, 0.15) is 11.5 Å². The lowest BCUT2D eigenvalue weighted by Crippen LogP contribution is -2.33. The summed E-state index contributed by atoms with van der Waals surface area (Å²) in [5.74, 6) is 1.67. The van der Waals surface area contributed by atoms with Crippen LogP contribution >= 0.6 is 11.8 Å². The van der Waals surface area contributed by atoms with Gasteiger partial charge in [-0.1, -0.05) is 48.9 Å². The molecule has 5 rings (SSSR count). The van der Waals surface area contributed by atoms with Crippen LogP contribution in [0.5, 0.6) is 5.75 Å². The number of phenolic OH excluding ortho intramolecular Hbond substituents is 1. The fourth-order valence-electron chi connectivity index (χ4n) is 4.17. The molecule has 0 bridgehead atoms. The Labute approximate surface area is 189 Å². The number of fused-ring (bicyclic) bond motifs is 1. The first kappa shape index (κ1) is 20.6. The van der Waals surface area contributed by atoms with Gasteiger partial charge in [0.2, 0.25) is 5.91 Å². The number of phenols is 1. The predicted molar refractivity (Wildman–Crippen MR) is 124 cm³/mol. The standard InChI is InChI=1S/C24H24N4O3S/c29-21-13-17-7-2-1-6-16(17)12-20(21)23-26-27-24(28(23)14-19-10-5-11-31-19)32-15-22(30)25-18-8-3-4-9-18/h1-2,5-7,10-13,18,29H,3-4,8-9,14-15H2,(H,25,30). The lowest BCUT2D eigenvalue weighted by atomic mass is 10.1. The van der Waals surface area contributed by atoms with Gasteiger partial charge >= 0.3 is 0 Å². The van der Waals surface area contributed by atoms with Crippen molar-refractivity contribution in [1.82, 2.24) is 20.1 Å². The number of benzene rings is 2. The van der Waals surface area contributed by atoms with E-state index in [0.29, 0.717) is 23.1 Å². The van der Waals surface area contributed by atoms with Crippen LogP contribution in [-0.4, -0.2) is 37.6 Å². The van der Waals surface area contributed by atoms with Crippen molar-refractivity contribution in [2.45, 2.75) is 43.4 Å². The summed E-state index contributed by atoms with van der Waals surface area (Å²) in [4.78, 5) is 12.4. The van der Waals surface area contributed by atoms with Crippen LogP contribution in [0, 0.1) is 0 Å². The minimum Gasteiger partial charge on any atom is -0.507 e. The normalized spacial score (nSPS) is 14.2. The van der Waals surface area contributed by atoms with Crippen LogP contribution in [-0.2, 0) is 11.3 Å². The third kappa shape index (κ3) is 4.36. The van der Waals surface area contributed by atoms with Crippen LogP contribution in [0.15, 0.2) is 64.4 Å². The van der Waals surface area contributed by atoms with E-state index in [0.717, 1.165) is 29.4 Å². The Morgan fingerprint density at radius 3 is 2.66 bits per heavy atom. The Balaban J connectivity index is 1.44. The third-order valence-corrected chi connectivity index (χ3v) is 6.74. The fourth-order valence-corrected chi connectivity index (χ4v) is 4.92. The predicted octanol–water partition coefficient (Wildman–Crippen LogP) is 4.60. The lowest BCUT2D eigenvalue weighted by Gasteiger charge is -2.12. The van der Waals surface area contributed by atoms with Gasteiger partial charge in [0.15, 0.2) is 11.0 Å². The van der Waals surface area contributed by atoms with Crippen molar-refractivity contribution in [2.75, 3.05) is 5.75 Å². The molecule has 1 amide bonds. The quantitative estimate of drug-likeness (QED) is 0.402. The molecule has 0 spiro atoms. The van der Waals surface area contributed by atoms with Crippen molar-refractivity contribution in [2.24, 2.45) is 0 Å². The van der Waals surface area contributed by atoms with Crippen LogP contribution in [0.25, 0.3) is 22.2 Å². The Bertz CT molecular complexity index is 1230. The largest absolute Gasteiger partial charge is 0.507 e. The maximum Gasteiger partial charge on any atom is 0.230 e. The van der Waals surface area contributed by atoms with E-state index in [4.69, 9.17) is 4.42 Å². The number of hydrogen-bond donors (Lipinski definition) is 2. The molecule has 8 heteroatoms. The minimum atomic E-state index is 0.00421. The van der Waals surface area contributed by atoms with Crippen LogP contribution < -0.4 is 5.32 Å². The van der Waals surface area contributed by atoms with Gasteiger partial charge in [0, 0.05) is 6.04 Å². The second-order valence-corrected chi connectivity index (χ2v) is 8.97. The van der Waals surface area contributed by atoms with Gasteiger partial charge in [-0.3, -0.25) is 9.36 Å². The average Bonchev–Trinajstić information content (AvgIpc) is 3.55. The molecule has 2 heterocycles. The Morgan fingerprint density at radius 2 is 1.91 bits per heavy atom. The first-order chi connectivity index (χ1) is 15.7. The monoisotopic (exact) mass is 448 g/mol. The molecule has 0 aliphatic heterocycles. The lowest BCUT2D eigenvalue weighted by molar-refractivity contribution is -0.119. The number of carbonyl (C=O) groups excluding carboxylic acids is 1. The van der Waals surface area contributed by atoms with Gasteiger partial charge < -0.3 is 14.8 Å². The van der Waals surface area contributed by atoms with Crippen LogP contribution in [0.4, 0.5) is 0 Å². The zero-order valence-corrected chi connectivity index (χ0v) is 18.3. The number of rotatable bonds is 7. The molecule has 0 radical (unpaired) electrons. The number of aromatic hydroxyl groups is 1. The van der Waals surface area contributed by atoms with Gasteiger partial charge in [-0.05, 0) is 47.9 Å². The van der Waals surface area contributed by atoms with Crippen molar-refractivity contribution in [3.05, 3.63) is 60.6 Å².